The number of hydrogen-bond donors (Lipinski definition) is 1. The smallest absolute Gasteiger partial charge is 0.205 e. The van der Waals surface area contributed by atoms with Gasteiger partial charge in [0.1, 0.15) is 0 Å². The highest BCUT2D eigenvalue weighted by Gasteiger charge is 2.26. The van der Waals surface area contributed by atoms with Crippen LogP contribution in [0.4, 0.5) is 0 Å². The van der Waals surface area contributed by atoms with Crippen LogP contribution in [0.15, 0.2) is 24.3 Å². The first-order valence-electron chi connectivity index (χ1n) is 6.98. The summed E-state index contributed by atoms with van der Waals surface area (Å²) in [6.07, 6.45) is 1.95. The minimum atomic E-state index is -0.684. The molecule has 1 radical (unpaired) electrons. The molecule has 107 valence electrons. The third kappa shape index (κ3) is 5.89. The van der Waals surface area contributed by atoms with Crippen LogP contribution >= 0.6 is 0 Å². The molecular weight excluding hydrogens is 252 g/mol. The molecule has 0 aliphatic carbocycles. The molecule has 0 saturated carbocycles. The molecule has 1 unspecified atom stereocenters. The minimum absolute atomic E-state index is 0.158. The van der Waals surface area contributed by atoms with Crippen LogP contribution in [-0.2, 0) is 17.3 Å². The van der Waals surface area contributed by atoms with Gasteiger partial charge in [-0.25, -0.2) is 0 Å². The maximum absolute atomic E-state index is 8.92. The van der Waals surface area contributed by atoms with Gasteiger partial charge in [0.15, 0.2) is 0 Å². The van der Waals surface area contributed by atoms with Crippen molar-refractivity contribution in [2.24, 2.45) is 5.41 Å². The van der Waals surface area contributed by atoms with Gasteiger partial charge in [0.25, 0.3) is 0 Å². The van der Waals surface area contributed by atoms with E-state index in [-0.39, 0.29) is 18.1 Å². The summed E-state index contributed by atoms with van der Waals surface area (Å²) in [6, 6.07) is 8.53. The van der Waals surface area contributed by atoms with E-state index < -0.39 is 9.04 Å². The van der Waals surface area contributed by atoms with Crippen molar-refractivity contribution in [2.75, 3.05) is 6.61 Å². The van der Waals surface area contributed by atoms with Crippen LogP contribution in [-0.4, -0.2) is 26.9 Å². The maximum atomic E-state index is 8.92. The lowest BCUT2D eigenvalue weighted by atomic mass is 9.85. The first kappa shape index (κ1) is 16.4. The van der Waals surface area contributed by atoms with Gasteiger partial charge in [0.2, 0.25) is 9.04 Å². The van der Waals surface area contributed by atoms with Gasteiger partial charge in [-0.05, 0) is 42.5 Å². The van der Waals surface area contributed by atoms with E-state index in [1.165, 1.54) is 11.1 Å². The molecule has 0 aromatic heterocycles. The number of benzene rings is 1. The van der Waals surface area contributed by atoms with Gasteiger partial charge in [-0.2, -0.15) is 0 Å². The Morgan fingerprint density at radius 3 is 2.05 bits per heavy atom. The molecule has 0 saturated heterocycles. The molecule has 0 amide bonds. The normalized spacial score (nSPS) is 13.8. The zero-order valence-corrected chi connectivity index (χ0v) is 13.9. The fraction of sp³-hybridized carbons (Fsp3) is 0.625. The van der Waals surface area contributed by atoms with Crippen LogP contribution in [0.25, 0.3) is 0 Å². The van der Waals surface area contributed by atoms with E-state index >= 15 is 0 Å². The van der Waals surface area contributed by atoms with Crippen LogP contribution in [0.1, 0.15) is 31.9 Å². The monoisotopic (exact) mass is 279 g/mol. The predicted octanol–water partition coefficient (Wildman–Crippen LogP) is 3.45. The molecule has 1 N–H and O–H groups in total. The van der Waals surface area contributed by atoms with Crippen LogP contribution in [0.5, 0.6) is 0 Å². The van der Waals surface area contributed by atoms with E-state index in [1.807, 2.05) is 0 Å². The molecule has 1 rings (SSSR count). The highest BCUT2D eigenvalue weighted by Crippen LogP contribution is 2.26. The minimum Gasteiger partial charge on any atom is -0.413 e. The van der Waals surface area contributed by atoms with Gasteiger partial charge in [-0.15, -0.1) is 0 Å². The number of aliphatic hydroxyl groups excluding tert-OH is 1. The zero-order valence-electron chi connectivity index (χ0n) is 12.9. The Bertz CT molecular complexity index is 365. The standard InChI is InChI=1S/C16H27O2Si/c1-16(2,3)15(18-19(4)5)12-14-8-6-13(7-9-14)10-11-17/h6-9,15,17H,10-12H2,1-5H3. The van der Waals surface area contributed by atoms with Gasteiger partial charge in [-0.1, -0.05) is 45.0 Å². The Hall–Kier alpha value is -0.643. The van der Waals surface area contributed by atoms with Crippen molar-refractivity contribution in [3.05, 3.63) is 35.4 Å². The molecule has 3 heteroatoms. The lowest BCUT2D eigenvalue weighted by Crippen LogP contribution is -2.35. The van der Waals surface area contributed by atoms with E-state index in [2.05, 4.69) is 58.1 Å². The number of rotatable bonds is 6. The second-order valence-electron chi connectivity index (χ2n) is 6.37. The first-order chi connectivity index (χ1) is 8.82. The molecule has 19 heavy (non-hydrogen) atoms. The van der Waals surface area contributed by atoms with Crippen LogP contribution in [0.2, 0.25) is 13.1 Å². The summed E-state index contributed by atoms with van der Waals surface area (Å²) in [6.45, 7) is 11.3. The predicted molar refractivity (Wildman–Crippen MR) is 82.7 cm³/mol. The van der Waals surface area contributed by atoms with Crippen LogP contribution in [0.3, 0.4) is 0 Å². The fourth-order valence-electron chi connectivity index (χ4n) is 1.99. The van der Waals surface area contributed by atoms with Crippen molar-refractivity contribution in [1.82, 2.24) is 0 Å². The topological polar surface area (TPSA) is 29.5 Å². The second kappa shape index (κ2) is 7.22. The van der Waals surface area contributed by atoms with Gasteiger partial charge >= 0.3 is 0 Å². The summed E-state index contributed by atoms with van der Waals surface area (Å²) < 4.78 is 6.16. The zero-order chi connectivity index (χ0) is 14.5. The summed E-state index contributed by atoms with van der Waals surface area (Å²) in [4.78, 5) is 0. The molecule has 1 atom stereocenters. The quantitative estimate of drug-likeness (QED) is 0.808. The largest absolute Gasteiger partial charge is 0.413 e. The molecule has 0 aliphatic rings. The third-order valence-corrected chi connectivity index (χ3v) is 3.94. The van der Waals surface area contributed by atoms with Crippen molar-refractivity contribution in [3.63, 3.8) is 0 Å². The van der Waals surface area contributed by atoms with E-state index in [0.29, 0.717) is 0 Å². The molecule has 0 bridgehead atoms. The van der Waals surface area contributed by atoms with E-state index in [1.54, 1.807) is 0 Å². The molecule has 1 aromatic rings. The Morgan fingerprint density at radius 1 is 1.11 bits per heavy atom. The molecular formula is C16H27O2Si. The maximum Gasteiger partial charge on any atom is 0.205 e. The summed E-state index contributed by atoms with van der Waals surface area (Å²) in [5.41, 5.74) is 2.66. The highest BCUT2D eigenvalue weighted by atomic mass is 28.3. The molecule has 0 fully saturated rings. The van der Waals surface area contributed by atoms with Gasteiger partial charge in [0.05, 0.1) is 6.10 Å². The van der Waals surface area contributed by atoms with E-state index in [4.69, 9.17) is 9.53 Å². The Balaban J connectivity index is 2.73. The van der Waals surface area contributed by atoms with Crippen molar-refractivity contribution in [2.45, 2.75) is 52.8 Å². The summed E-state index contributed by atoms with van der Waals surface area (Å²) in [7, 11) is -0.684. The molecule has 0 heterocycles. The van der Waals surface area contributed by atoms with Crippen molar-refractivity contribution in [3.8, 4) is 0 Å². The summed E-state index contributed by atoms with van der Waals surface area (Å²) >= 11 is 0. The first-order valence-corrected chi connectivity index (χ1v) is 9.39. The lowest BCUT2D eigenvalue weighted by molar-refractivity contribution is 0.0867. The molecule has 0 aliphatic heterocycles. The van der Waals surface area contributed by atoms with Crippen LogP contribution < -0.4 is 0 Å². The summed E-state index contributed by atoms with van der Waals surface area (Å²) in [5.74, 6) is 0. The van der Waals surface area contributed by atoms with Crippen molar-refractivity contribution >= 4 is 9.04 Å². The average Bonchev–Trinajstić information content (AvgIpc) is 2.29. The van der Waals surface area contributed by atoms with Gasteiger partial charge < -0.3 is 9.53 Å². The van der Waals surface area contributed by atoms with Gasteiger partial charge in [0, 0.05) is 6.61 Å². The Kier molecular flexibility index (Phi) is 6.24. The number of hydrogen-bond acceptors (Lipinski definition) is 2. The Labute approximate surface area is 119 Å². The third-order valence-electron chi connectivity index (χ3n) is 3.19. The van der Waals surface area contributed by atoms with Crippen LogP contribution in [0, 0.1) is 5.41 Å². The number of aliphatic hydroxyl groups is 1. The van der Waals surface area contributed by atoms with E-state index in [9.17, 15) is 0 Å². The van der Waals surface area contributed by atoms with Crippen molar-refractivity contribution in [1.29, 1.82) is 0 Å². The molecule has 0 spiro atoms. The fourth-order valence-corrected chi connectivity index (χ4v) is 3.00. The van der Waals surface area contributed by atoms with Crippen molar-refractivity contribution < 1.29 is 9.53 Å². The lowest BCUT2D eigenvalue weighted by Gasteiger charge is -2.32. The summed E-state index contributed by atoms with van der Waals surface area (Å²) in [5, 5.41) is 8.92. The molecule has 2 nitrogen and oxygen atoms in total. The van der Waals surface area contributed by atoms with Gasteiger partial charge in [-0.3, -0.25) is 0 Å². The second-order valence-corrected chi connectivity index (χ2v) is 8.43. The van der Waals surface area contributed by atoms with E-state index in [0.717, 1.165) is 12.8 Å². The average molecular weight is 279 g/mol. The SMILES string of the molecule is C[Si](C)OC(Cc1ccc(CCO)cc1)C(C)(C)C. The Morgan fingerprint density at radius 2 is 1.63 bits per heavy atom. The highest BCUT2D eigenvalue weighted by molar-refractivity contribution is 6.48. The molecule has 1 aromatic carbocycles.